The van der Waals surface area contributed by atoms with Crippen LogP contribution in [0, 0.1) is 19.8 Å². The number of likely N-dealkylation sites (tertiary alicyclic amines) is 1. The van der Waals surface area contributed by atoms with Gasteiger partial charge in [0.15, 0.2) is 0 Å². The SMILES string of the molecule is Cc1ccc(OCCNC(=O)C2CCN(Cc3cccc(Cl)c3)CC2)c(C)c1. The third-order valence-corrected chi connectivity index (χ3v) is 5.48. The number of ether oxygens (including phenoxy) is 1. The average molecular weight is 401 g/mol. The van der Waals surface area contributed by atoms with Crippen LogP contribution >= 0.6 is 11.6 Å². The third-order valence-electron chi connectivity index (χ3n) is 5.24. The Bertz CT molecular complexity index is 801. The van der Waals surface area contributed by atoms with Gasteiger partial charge in [0, 0.05) is 17.5 Å². The zero-order valence-corrected chi connectivity index (χ0v) is 17.5. The van der Waals surface area contributed by atoms with Gasteiger partial charge in [-0.05, 0) is 69.1 Å². The van der Waals surface area contributed by atoms with Gasteiger partial charge in [-0.2, -0.15) is 0 Å². The van der Waals surface area contributed by atoms with Gasteiger partial charge in [-0.3, -0.25) is 9.69 Å². The normalized spacial score (nSPS) is 15.4. The smallest absolute Gasteiger partial charge is 0.223 e. The molecule has 0 spiro atoms. The minimum Gasteiger partial charge on any atom is -0.491 e. The molecule has 150 valence electrons. The first-order valence-corrected chi connectivity index (χ1v) is 10.3. The largest absolute Gasteiger partial charge is 0.491 e. The molecule has 0 atom stereocenters. The Hall–Kier alpha value is -2.04. The Kier molecular flexibility index (Phi) is 7.35. The number of carbonyl (C=O) groups excluding carboxylic acids is 1. The van der Waals surface area contributed by atoms with E-state index in [1.165, 1.54) is 11.1 Å². The molecule has 1 saturated heterocycles. The maximum absolute atomic E-state index is 12.4. The van der Waals surface area contributed by atoms with Gasteiger partial charge >= 0.3 is 0 Å². The molecule has 1 N–H and O–H groups in total. The van der Waals surface area contributed by atoms with Gasteiger partial charge in [-0.15, -0.1) is 0 Å². The minimum absolute atomic E-state index is 0.0942. The van der Waals surface area contributed by atoms with Gasteiger partial charge in [-0.25, -0.2) is 0 Å². The maximum Gasteiger partial charge on any atom is 0.223 e. The van der Waals surface area contributed by atoms with Crippen molar-refractivity contribution >= 4 is 17.5 Å². The van der Waals surface area contributed by atoms with Crippen LogP contribution < -0.4 is 10.1 Å². The first-order valence-electron chi connectivity index (χ1n) is 9.96. The molecule has 3 rings (SSSR count). The molecule has 4 nitrogen and oxygen atoms in total. The molecule has 1 fully saturated rings. The van der Waals surface area contributed by atoms with Gasteiger partial charge in [-0.1, -0.05) is 41.4 Å². The average Bonchev–Trinajstić information content (AvgIpc) is 2.67. The van der Waals surface area contributed by atoms with Crippen LogP contribution in [0.15, 0.2) is 42.5 Å². The summed E-state index contributed by atoms with van der Waals surface area (Å²) < 4.78 is 5.79. The lowest BCUT2D eigenvalue weighted by Crippen LogP contribution is -2.41. The summed E-state index contributed by atoms with van der Waals surface area (Å²) in [5.41, 5.74) is 3.57. The molecule has 5 heteroatoms. The summed E-state index contributed by atoms with van der Waals surface area (Å²) in [6.45, 7) is 7.89. The van der Waals surface area contributed by atoms with Crippen LogP contribution in [0.25, 0.3) is 0 Å². The van der Waals surface area contributed by atoms with E-state index in [1.807, 2.05) is 37.3 Å². The quantitative estimate of drug-likeness (QED) is 0.702. The molecule has 0 unspecified atom stereocenters. The second-order valence-electron chi connectivity index (χ2n) is 7.59. The van der Waals surface area contributed by atoms with Crippen LogP contribution in [0.1, 0.15) is 29.5 Å². The summed E-state index contributed by atoms with van der Waals surface area (Å²) >= 11 is 6.06. The van der Waals surface area contributed by atoms with Crippen molar-refractivity contribution in [3.8, 4) is 5.75 Å². The Balaban J connectivity index is 1.35. The molecular weight excluding hydrogens is 372 g/mol. The lowest BCUT2D eigenvalue weighted by atomic mass is 9.95. The van der Waals surface area contributed by atoms with Crippen molar-refractivity contribution in [2.45, 2.75) is 33.2 Å². The van der Waals surface area contributed by atoms with Crippen LogP contribution in [0.4, 0.5) is 0 Å². The van der Waals surface area contributed by atoms with Crippen molar-refractivity contribution in [3.63, 3.8) is 0 Å². The summed E-state index contributed by atoms with van der Waals surface area (Å²) in [6, 6.07) is 14.1. The number of aryl methyl sites for hydroxylation is 2. The Morgan fingerprint density at radius 1 is 1.18 bits per heavy atom. The topological polar surface area (TPSA) is 41.6 Å². The molecule has 0 aliphatic carbocycles. The Morgan fingerprint density at radius 2 is 1.96 bits per heavy atom. The van der Waals surface area contributed by atoms with Crippen LogP contribution in [-0.2, 0) is 11.3 Å². The number of hydrogen-bond acceptors (Lipinski definition) is 3. The minimum atomic E-state index is 0.0942. The van der Waals surface area contributed by atoms with Crippen LogP contribution in [0.5, 0.6) is 5.75 Å². The van der Waals surface area contributed by atoms with Crippen molar-refractivity contribution < 1.29 is 9.53 Å². The van der Waals surface area contributed by atoms with E-state index in [-0.39, 0.29) is 11.8 Å². The zero-order valence-electron chi connectivity index (χ0n) is 16.7. The van der Waals surface area contributed by atoms with Crippen LogP contribution in [0.2, 0.25) is 5.02 Å². The monoisotopic (exact) mass is 400 g/mol. The van der Waals surface area contributed by atoms with Gasteiger partial charge in [0.2, 0.25) is 5.91 Å². The highest BCUT2D eigenvalue weighted by molar-refractivity contribution is 6.30. The molecule has 1 heterocycles. The van der Waals surface area contributed by atoms with E-state index < -0.39 is 0 Å². The van der Waals surface area contributed by atoms with E-state index in [4.69, 9.17) is 16.3 Å². The third kappa shape index (κ3) is 5.98. The number of rotatable bonds is 7. The molecule has 0 aromatic heterocycles. The first-order chi connectivity index (χ1) is 13.5. The molecular formula is C23H29ClN2O2. The number of piperidine rings is 1. The fraction of sp³-hybridized carbons (Fsp3) is 0.435. The van der Waals surface area contributed by atoms with Gasteiger partial charge in [0.05, 0.1) is 6.54 Å². The summed E-state index contributed by atoms with van der Waals surface area (Å²) in [5.74, 6) is 1.12. The Morgan fingerprint density at radius 3 is 2.68 bits per heavy atom. The van der Waals surface area contributed by atoms with Crippen LogP contribution in [-0.4, -0.2) is 37.0 Å². The van der Waals surface area contributed by atoms with E-state index in [9.17, 15) is 4.79 Å². The number of nitrogens with zero attached hydrogens (tertiary/aromatic N) is 1. The van der Waals surface area contributed by atoms with Crippen LogP contribution in [0.3, 0.4) is 0 Å². The van der Waals surface area contributed by atoms with Gasteiger partial charge in [0.25, 0.3) is 0 Å². The molecule has 1 amide bonds. The first kappa shape index (κ1) is 20.7. The zero-order chi connectivity index (χ0) is 19.9. The van der Waals surface area contributed by atoms with E-state index in [0.29, 0.717) is 13.2 Å². The molecule has 1 aliphatic heterocycles. The van der Waals surface area contributed by atoms with Crippen molar-refractivity contribution in [2.75, 3.05) is 26.2 Å². The van der Waals surface area contributed by atoms with E-state index >= 15 is 0 Å². The lowest BCUT2D eigenvalue weighted by molar-refractivity contribution is -0.126. The summed E-state index contributed by atoms with van der Waals surface area (Å²) in [5, 5.41) is 3.80. The highest BCUT2D eigenvalue weighted by Gasteiger charge is 2.24. The number of halogens is 1. The number of amides is 1. The highest BCUT2D eigenvalue weighted by atomic mass is 35.5. The maximum atomic E-state index is 12.4. The molecule has 2 aromatic carbocycles. The standard InChI is InChI=1S/C23H29ClN2O2/c1-17-6-7-22(18(2)14-17)28-13-10-25-23(27)20-8-11-26(12-9-20)16-19-4-3-5-21(24)15-19/h3-7,14-15,20H,8-13,16H2,1-2H3,(H,25,27). The van der Waals surface area contributed by atoms with Crippen molar-refractivity contribution in [1.82, 2.24) is 10.2 Å². The second-order valence-corrected chi connectivity index (χ2v) is 8.03. The lowest BCUT2D eigenvalue weighted by Gasteiger charge is -2.31. The molecule has 0 radical (unpaired) electrons. The number of nitrogens with one attached hydrogen (secondary N) is 1. The van der Waals surface area contributed by atoms with Gasteiger partial charge < -0.3 is 10.1 Å². The number of carbonyl (C=O) groups is 1. The Labute approximate surface area is 172 Å². The molecule has 0 bridgehead atoms. The molecule has 0 saturated carbocycles. The van der Waals surface area contributed by atoms with E-state index in [1.54, 1.807) is 0 Å². The predicted octanol–water partition coefficient (Wildman–Crippen LogP) is 4.36. The van der Waals surface area contributed by atoms with Crippen molar-refractivity contribution in [3.05, 3.63) is 64.2 Å². The van der Waals surface area contributed by atoms with E-state index in [2.05, 4.69) is 29.3 Å². The summed E-state index contributed by atoms with van der Waals surface area (Å²) in [4.78, 5) is 14.8. The van der Waals surface area contributed by atoms with Gasteiger partial charge in [0.1, 0.15) is 12.4 Å². The fourth-order valence-corrected chi connectivity index (χ4v) is 3.90. The van der Waals surface area contributed by atoms with Crippen molar-refractivity contribution in [1.29, 1.82) is 0 Å². The molecule has 28 heavy (non-hydrogen) atoms. The highest BCUT2D eigenvalue weighted by Crippen LogP contribution is 2.21. The second kappa shape index (κ2) is 9.94. The summed E-state index contributed by atoms with van der Waals surface area (Å²) in [7, 11) is 0. The molecule has 2 aromatic rings. The number of hydrogen-bond donors (Lipinski definition) is 1. The predicted molar refractivity (Wildman–Crippen MR) is 114 cm³/mol. The summed E-state index contributed by atoms with van der Waals surface area (Å²) in [6.07, 6.45) is 1.79. The molecule has 1 aliphatic rings. The van der Waals surface area contributed by atoms with E-state index in [0.717, 1.165) is 48.8 Å². The van der Waals surface area contributed by atoms with Crippen molar-refractivity contribution in [2.24, 2.45) is 5.92 Å². The fourth-order valence-electron chi connectivity index (χ4n) is 3.69. The number of benzene rings is 2.